The van der Waals surface area contributed by atoms with Crippen LogP contribution in [0.5, 0.6) is 5.75 Å². The number of rotatable bonds is 6. The van der Waals surface area contributed by atoms with Gasteiger partial charge in [0.05, 0.1) is 12.4 Å². The summed E-state index contributed by atoms with van der Waals surface area (Å²) in [5.74, 6) is 1.04. The highest BCUT2D eigenvalue weighted by Crippen LogP contribution is 2.28. The van der Waals surface area contributed by atoms with Crippen LogP contribution in [0.4, 0.5) is 5.69 Å². The molecule has 1 heterocycles. The van der Waals surface area contributed by atoms with E-state index in [-0.39, 0.29) is 11.2 Å². The summed E-state index contributed by atoms with van der Waals surface area (Å²) >= 11 is 1.22. The Morgan fingerprint density at radius 3 is 2.58 bits per heavy atom. The molecule has 3 aromatic rings. The van der Waals surface area contributed by atoms with Crippen LogP contribution >= 0.6 is 11.8 Å². The number of benzene rings is 2. The van der Waals surface area contributed by atoms with Gasteiger partial charge in [0.15, 0.2) is 0 Å². The van der Waals surface area contributed by atoms with E-state index in [9.17, 15) is 4.79 Å². The fourth-order valence-electron chi connectivity index (χ4n) is 2.26. The largest absolute Gasteiger partial charge is 0.497 e. The summed E-state index contributed by atoms with van der Waals surface area (Å²) in [5.41, 5.74) is 2.61. The monoisotopic (exact) mass is 369 g/mol. The molecule has 2 aromatic carbocycles. The number of aryl methyl sites for hydroxylation is 1. The molecule has 0 fully saturated rings. The van der Waals surface area contributed by atoms with Gasteiger partial charge in [-0.3, -0.25) is 4.79 Å². The number of anilines is 1. The van der Waals surface area contributed by atoms with Crippen molar-refractivity contribution in [2.45, 2.75) is 24.3 Å². The standard InChI is InChI=1S/C19H19N3O3S/c1-12-6-4-5-7-16(12)20-17(23)13(2)26-19-22-21-18(25-19)14-8-10-15(24-3)11-9-14/h4-11,13H,1-3H3,(H,20,23)/t13-/m0/s1. The minimum Gasteiger partial charge on any atom is -0.497 e. The maximum Gasteiger partial charge on any atom is 0.277 e. The lowest BCUT2D eigenvalue weighted by Crippen LogP contribution is -2.22. The van der Waals surface area contributed by atoms with Crippen LogP contribution in [0, 0.1) is 6.92 Å². The number of ether oxygens (including phenoxy) is 1. The van der Waals surface area contributed by atoms with Gasteiger partial charge in [-0.1, -0.05) is 30.0 Å². The summed E-state index contributed by atoms with van der Waals surface area (Å²) in [5, 5.41) is 11.0. The first kappa shape index (κ1) is 18.0. The second kappa shape index (κ2) is 8.05. The number of hydrogen-bond donors (Lipinski definition) is 1. The van der Waals surface area contributed by atoms with Crippen LogP contribution < -0.4 is 10.1 Å². The van der Waals surface area contributed by atoms with Crippen molar-refractivity contribution in [2.75, 3.05) is 12.4 Å². The van der Waals surface area contributed by atoms with Crippen LogP contribution in [-0.2, 0) is 4.79 Å². The molecule has 0 radical (unpaired) electrons. The van der Waals surface area contributed by atoms with Gasteiger partial charge in [0.2, 0.25) is 11.8 Å². The number of hydrogen-bond acceptors (Lipinski definition) is 6. The van der Waals surface area contributed by atoms with Crippen molar-refractivity contribution in [3.63, 3.8) is 0 Å². The molecule has 0 aliphatic carbocycles. The first-order chi connectivity index (χ1) is 12.6. The molecule has 7 heteroatoms. The van der Waals surface area contributed by atoms with Gasteiger partial charge in [-0.25, -0.2) is 0 Å². The maximum atomic E-state index is 12.4. The number of para-hydroxylation sites is 1. The van der Waals surface area contributed by atoms with Crippen molar-refractivity contribution >= 4 is 23.4 Å². The molecule has 6 nitrogen and oxygen atoms in total. The molecule has 1 atom stereocenters. The van der Waals surface area contributed by atoms with Crippen molar-refractivity contribution in [1.82, 2.24) is 10.2 Å². The lowest BCUT2D eigenvalue weighted by molar-refractivity contribution is -0.115. The van der Waals surface area contributed by atoms with Gasteiger partial charge in [-0.15, -0.1) is 10.2 Å². The SMILES string of the molecule is COc1ccc(-c2nnc(S[C@@H](C)C(=O)Nc3ccccc3C)o2)cc1. The molecule has 134 valence electrons. The van der Waals surface area contributed by atoms with Gasteiger partial charge >= 0.3 is 0 Å². The van der Waals surface area contributed by atoms with Crippen molar-refractivity contribution in [3.05, 3.63) is 54.1 Å². The van der Waals surface area contributed by atoms with E-state index < -0.39 is 0 Å². The summed E-state index contributed by atoms with van der Waals surface area (Å²) in [6, 6.07) is 15.0. The van der Waals surface area contributed by atoms with E-state index in [0.29, 0.717) is 11.1 Å². The third-order valence-electron chi connectivity index (χ3n) is 3.79. The highest BCUT2D eigenvalue weighted by Gasteiger charge is 2.19. The summed E-state index contributed by atoms with van der Waals surface area (Å²) in [4.78, 5) is 12.4. The molecule has 1 N–H and O–H groups in total. The van der Waals surface area contributed by atoms with Gasteiger partial charge in [-0.05, 0) is 49.7 Å². The van der Waals surface area contributed by atoms with Crippen molar-refractivity contribution < 1.29 is 13.9 Å². The number of methoxy groups -OCH3 is 1. The van der Waals surface area contributed by atoms with Crippen LogP contribution in [-0.4, -0.2) is 28.5 Å². The normalized spacial score (nSPS) is 11.8. The number of nitrogens with one attached hydrogen (secondary N) is 1. The zero-order valence-corrected chi connectivity index (χ0v) is 15.5. The third kappa shape index (κ3) is 4.23. The van der Waals surface area contributed by atoms with E-state index in [1.54, 1.807) is 14.0 Å². The second-order valence-electron chi connectivity index (χ2n) is 5.67. The summed E-state index contributed by atoms with van der Waals surface area (Å²) in [7, 11) is 1.61. The average molecular weight is 369 g/mol. The molecule has 0 aliphatic heterocycles. The smallest absolute Gasteiger partial charge is 0.277 e. The zero-order valence-electron chi connectivity index (χ0n) is 14.7. The predicted molar refractivity (Wildman–Crippen MR) is 101 cm³/mol. The Labute approximate surface area is 156 Å². The average Bonchev–Trinajstić information content (AvgIpc) is 3.12. The van der Waals surface area contributed by atoms with Gasteiger partial charge < -0.3 is 14.5 Å². The Kier molecular flexibility index (Phi) is 5.58. The van der Waals surface area contributed by atoms with Gasteiger partial charge in [0.25, 0.3) is 5.22 Å². The van der Waals surface area contributed by atoms with E-state index in [4.69, 9.17) is 9.15 Å². The maximum absolute atomic E-state index is 12.4. The molecular weight excluding hydrogens is 350 g/mol. The minimum atomic E-state index is -0.376. The zero-order chi connectivity index (χ0) is 18.5. The number of nitrogens with zero attached hydrogens (tertiary/aromatic N) is 2. The molecular formula is C19H19N3O3S. The molecule has 1 aromatic heterocycles. The second-order valence-corrected chi connectivity index (χ2v) is 6.96. The first-order valence-corrected chi connectivity index (χ1v) is 8.96. The Bertz CT molecular complexity index is 893. The highest BCUT2D eigenvalue weighted by atomic mass is 32.2. The van der Waals surface area contributed by atoms with Gasteiger partial charge in [0, 0.05) is 11.3 Å². The quantitative estimate of drug-likeness (QED) is 0.657. The molecule has 1 amide bonds. The molecule has 0 spiro atoms. The molecule has 0 unspecified atom stereocenters. The number of aromatic nitrogens is 2. The molecule has 0 saturated carbocycles. The lowest BCUT2D eigenvalue weighted by Gasteiger charge is -2.11. The van der Waals surface area contributed by atoms with E-state index >= 15 is 0 Å². The number of carbonyl (C=O) groups is 1. The number of thioether (sulfide) groups is 1. The molecule has 3 rings (SSSR count). The number of amides is 1. The Morgan fingerprint density at radius 2 is 1.88 bits per heavy atom. The third-order valence-corrected chi connectivity index (χ3v) is 4.73. The molecule has 26 heavy (non-hydrogen) atoms. The van der Waals surface area contributed by atoms with E-state index in [1.807, 2.05) is 55.5 Å². The Morgan fingerprint density at radius 1 is 1.15 bits per heavy atom. The Balaban J connectivity index is 1.64. The summed E-state index contributed by atoms with van der Waals surface area (Å²) in [6.07, 6.45) is 0. The predicted octanol–water partition coefficient (Wildman–Crippen LogP) is 4.17. The van der Waals surface area contributed by atoms with Crippen LogP contribution in [0.15, 0.2) is 58.2 Å². The molecule has 0 bridgehead atoms. The van der Waals surface area contributed by atoms with E-state index in [1.165, 1.54) is 11.8 Å². The van der Waals surface area contributed by atoms with Crippen LogP contribution in [0.3, 0.4) is 0 Å². The fourth-order valence-corrected chi connectivity index (χ4v) is 2.94. The Hall–Kier alpha value is -2.80. The van der Waals surface area contributed by atoms with Crippen molar-refractivity contribution in [2.24, 2.45) is 0 Å². The topological polar surface area (TPSA) is 77.2 Å². The summed E-state index contributed by atoms with van der Waals surface area (Å²) < 4.78 is 10.8. The van der Waals surface area contributed by atoms with Crippen LogP contribution in [0.2, 0.25) is 0 Å². The number of carbonyl (C=O) groups excluding carboxylic acids is 1. The van der Waals surface area contributed by atoms with Crippen LogP contribution in [0.1, 0.15) is 12.5 Å². The summed E-state index contributed by atoms with van der Waals surface area (Å²) in [6.45, 7) is 3.75. The van der Waals surface area contributed by atoms with E-state index in [2.05, 4.69) is 15.5 Å². The van der Waals surface area contributed by atoms with Crippen LogP contribution in [0.25, 0.3) is 11.5 Å². The molecule has 0 aliphatic rings. The minimum absolute atomic E-state index is 0.117. The van der Waals surface area contributed by atoms with Gasteiger partial charge in [-0.2, -0.15) is 0 Å². The highest BCUT2D eigenvalue weighted by molar-refractivity contribution is 8.00. The molecule has 0 saturated heterocycles. The lowest BCUT2D eigenvalue weighted by atomic mass is 10.2. The van der Waals surface area contributed by atoms with Crippen molar-refractivity contribution in [1.29, 1.82) is 0 Å². The van der Waals surface area contributed by atoms with Gasteiger partial charge in [0.1, 0.15) is 5.75 Å². The van der Waals surface area contributed by atoms with E-state index in [0.717, 1.165) is 22.6 Å². The van der Waals surface area contributed by atoms with Crippen molar-refractivity contribution in [3.8, 4) is 17.2 Å². The first-order valence-electron chi connectivity index (χ1n) is 8.08. The fraction of sp³-hybridized carbons (Fsp3) is 0.211.